The zero-order chi connectivity index (χ0) is 16.4. The number of carbonyl (C=O) groups excluding carboxylic acids is 1. The van der Waals surface area contributed by atoms with Gasteiger partial charge >= 0.3 is 0 Å². The number of carbonyl (C=O) groups is 1. The molecule has 2 atom stereocenters. The zero-order valence-electron chi connectivity index (χ0n) is 14.2. The van der Waals surface area contributed by atoms with Crippen LogP contribution in [0.25, 0.3) is 0 Å². The predicted octanol–water partition coefficient (Wildman–Crippen LogP) is 2.50. The maximum atomic E-state index is 11.9. The minimum atomic E-state index is -0.456. The SMILES string of the molecule is CC(=O)N(C[C@@H]1CCCN1C[C@@H](O)c1ccc(C)cc1)C1CC1. The second-order valence-electron chi connectivity index (χ2n) is 7.12. The van der Waals surface area contributed by atoms with E-state index < -0.39 is 6.10 Å². The van der Waals surface area contributed by atoms with E-state index in [1.54, 1.807) is 6.92 Å². The molecular weight excluding hydrogens is 288 g/mol. The Morgan fingerprint density at radius 2 is 2.00 bits per heavy atom. The Bertz CT molecular complexity index is 539. The molecule has 1 saturated heterocycles. The summed E-state index contributed by atoms with van der Waals surface area (Å²) in [5, 5.41) is 10.5. The van der Waals surface area contributed by atoms with Gasteiger partial charge in [-0.15, -0.1) is 0 Å². The van der Waals surface area contributed by atoms with E-state index in [0.29, 0.717) is 18.6 Å². The van der Waals surface area contributed by atoms with Crippen LogP contribution in [0.1, 0.15) is 49.8 Å². The average Bonchev–Trinajstić information content (AvgIpc) is 3.26. The predicted molar refractivity (Wildman–Crippen MR) is 91.1 cm³/mol. The molecule has 1 aromatic rings. The van der Waals surface area contributed by atoms with E-state index in [1.165, 1.54) is 5.56 Å². The van der Waals surface area contributed by atoms with Gasteiger partial charge in [-0.1, -0.05) is 29.8 Å². The first-order valence-electron chi connectivity index (χ1n) is 8.80. The number of benzene rings is 1. The quantitative estimate of drug-likeness (QED) is 0.877. The fraction of sp³-hybridized carbons (Fsp3) is 0.632. The first-order valence-corrected chi connectivity index (χ1v) is 8.80. The summed E-state index contributed by atoms with van der Waals surface area (Å²) in [4.78, 5) is 16.3. The van der Waals surface area contributed by atoms with Crippen LogP contribution in [0.2, 0.25) is 0 Å². The molecule has 3 rings (SSSR count). The fourth-order valence-electron chi connectivity index (χ4n) is 3.61. The Morgan fingerprint density at radius 1 is 1.30 bits per heavy atom. The topological polar surface area (TPSA) is 43.8 Å². The molecule has 1 aliphatic carbocycles. The summed E-state index contributed by atoms with van der Waals surface area (Å²) in [7, 11) is 0. The van der Waals surface area contributed by atoms with Crippen LogP contribution in [0.3, 0.4) is 0 Å². The third-order valence-corrected chi connectivity index (χ3v) is 5.17. The minimum absolute atomic E-state index is 0.193. The second-order valence-corrected chi connectivity index (χ2v) is 7.12. The number of β-amino-alcohol motifs (C(OH)–C–C–N with tert-alkyl or cyclic N) is 1. The first kappa shape index (κ1) is 16.5. The summed E-state index contributed by atoms with van der Waals surface area (Å²) in [5.74, 6) is 0.193. The summed E-state index contributed by atoms with van der Waals surface area (Å²) in [6.45, 7) is 6.23. The van der Waals surface area contributed by atoms with Gasteiger partial charge in [-0.05, 0) is 44.7 Å². The Morgan fingerprint density at radius 3 is 2.61 bits per heavy atom. The van der Waals surface area contributed by atoms with Crippen molar-refractivity contribution >= 4 is 5.91 Å². The molecule has 1 N–H and O–H groups in total. The van der Waals surface area contributed by atoms with Gasteiger partial charge in [0, 0.05) is 32.1 Å². The van der Waals surface area contributed by atoms with Crippen molar-refractivity contribution < 1.29 is 9.90 Å². The smallest absolute Gasteiger partial charge is 0.219 e. The van der Waals surface area contributed by atoms with Crippen LogP contribution >= 0.6 is 0 Å². The number of hydrogen-bond donors (Lipinski definition) is 1. The van der Waals surface area contributed by atoms with Gasteiger partial charge in [-0.25, -0.2) is 0 Å². The molecule has 1 saturated carbocycles. The van der Waals surface area contributed by atoms with Crippen LogP contribution in [-0.4, -0.2) is 52.5 Å². The van der Waals surface area contributed by atoms with Crippen LogP contribution < -0.4 is 0 Å². The van der Waals surface area contributed by atoms with Crippen molar-refractivity contribution in [2.45, 2.75) is 57.7 Å². The molecule has 4 heteroatoms. The van der Waals surface area contributed by atoms with Crippen LogP contribution in [-0.2, 0) is 4.79 Å². The number of likely N-dealkylation sites (tertiary alicyclic amines) is 1. The lowest BCUT2D eigenvalue weighted by Crippen LogP contribution is -2.44. The third kappa shape index (κ3) is 4.12. The van der Waals surface area contributed by atoms with Crippen LogP contribution in [0.4, 0.5) is 0 Å². The molecule has 23 heavy (non-hydrogen) atoms. The van der Waals surface area contributed by atoms with E-state index in [2.05, 4.69) is 11.8 Å². The lowest BCUT2D eigenvalue weighted by atomic mass is 10.1. The fourth-order valence-corrected chi connectivity index (χ4v) is 3.61. The molecule has 4 nitrogen and oxygen atoms in total. The molecule has 2 fully saturated rings. The highest BCUT2D eigenvalue weighted by Gasteiger charge is 2.35. The van der Waals surface area contributed by atoms with E-state index in [4.69, 9.17) is 0 Å². The summed E-state index contributed by atoms with van der Waals surface area (Å²) in [6.07, 6.45) is 4.12. The molecule has 0 bridgehead atoms. The third-order valence-electron chi connectivity index (χ3n) is 5.17. The molecule has 0 aromatic heterocycles. The molecule has 1 amide bonds. The minimum Gasteiger partial charge on any atom is -0.387 e. The number of aliphatic hydroxyl groups is 1. The highest BCUT2D eigenvalue weighted by atomic mass is 16.3. The van der Waals surface area contributed by atoms with Crippen molar-refractivity contribution in [2.75, 3.05) is 19.6 Å². The highest BCUT2D eigenvalue weighted by molar-refractivity contribution is 5.74. The number of rotatable bonds is 6. The Labute approximate surface area is 139 Å². The van der Waals surface area contributed by atoms with Gasteiger partial charge in [0.15, 0.2) is 0 Å². The van der Waals surface area contributed by atoms with Gasteiger partial charge in [-0.2, -0.15) is 0 Å². The molecule has 0 spiro atoms. The highest BCUT2D eigenvalue weighted by Crippen LogP contribution is 2.30. The lowest BCUT2D eigenvalue weighted by molar-refractivity contribution is -0.130. The summed E-state index contributed by atoms with van der Waals surface area (Å²) in [6, 6.07) is 8.97. The van der Waals surface area contributed by atoms with E-state index in [1.807, 2.05) is 29.2 Å². The molecule has 0 radical (unpaired) electrons. The monoisotopic (exact) mass is 316 g/mol. The van der Waals surface area contributed by atoms with Crippen molar-refractivity contribution in [3.8, 4) is 0 Å². The van der Waals surface area contributed by atoms with Crippen molar-refractivity contribution in [3.05, 3.63) is 35.4 Å². The largest absolute Gasteiger partial charge is 0.387 e. The molecular formula is C19H28N2O2. The number of hydrogen-bond acceptors (Lipinski definition) is 3. The van der Waals surface area contributed by atoms with Crippen molar-refractivity contribution in [3.63, 3.8) is 0 Å². The molecule has 1 aliphatic heterocycles. The van der Waals surface area contributed by atoms with Gasteiger partial charge in [-0.3, -0.25) is 9.69 Å². The molecule has 1 heterocycles. The van der Waals surface area contributed by atoms with E-state index in [0.717, 1.165) is 44.3 Å². The Hall–Kier alpha value is -1.39. The van der Waals surface area contributed by atoms with E-state index >= 15 is 0 Å². The molecule has 2 aliphatic rings. The second kappa shape index (κ2) is 7.02. The van der Waals surface area contributed by atoms with Gasteiger partial charge in [0.2, 0.25) is 5.91 Å². The Balaban J connectivity index is 1.59. The maximum absolute atomic E-state index is 11.9. The van der Waals surface area contributed by atoms with Crippen molar-refractivity contribution in [1.82, 2.24) is 9.80 Å². The van der Waals surface area contributed by atoms with E-state index in [9.17, 15) is 9.90 Å². The van der Waals surface area contributed by atoms with Crippen LogP contribution in [0.5, 0.6) is 0 Å². The first-order chi connectivity index (χ1) is 11.0. The average molecular weight is 316 g/mol. The standard InChI is InChI=1S/C19H28N2O2/c1-14-5-7-16(8-6-14)19(23)13-20-11-3-4-18(20)12-21(15(2)22)17-9-10-17/h5-8,17-19,23H,3-4,9-13H2,1-2H3/t18-,19+/m0/s1. The van der Waals surface area contributed by atoms with Crippen molar-refractivity contribution in [2.24, 2.45) is 0 Å². The summed E-state index contributed by atoms with van der Waals surface area (Å²) in [5.41, 5.74) is 2.19. The van der Waals surface area contributed by atoms with Gasteiger partial charge in [0.25, 0.3) is 0 Å². The summed E-state index contributed by atoms with van der Waals surface area (Å²) >= 11 is 0. The number of nitrogens with zero attached hydrogens (tertiary/aromatic N) is 2. The van der Waals surface area contributed by atoms with Crippen LogP contribution in [0.15, 0.2) is 24.3 Å². The number of amides is 1. The number of aliphatic hydroxyl groups excluding tert-OH is 1. The molecule has 0 unspecified atom stereocenters. The lowest BCUT2D eigenvalue weighted by Gasteiger charge is -2.31. The molecule has 1 aromatic carbocycles. The van der Waals surface area contributed by atoms with Gasteiger partial charge in [0.05, 0.1) is 6.10 Å². The Kier molecular flexibility index (Phi) is 5.02. The normalized spacial score (nSPS) is 23.0. The van der Waals surface area contributed by atoms with Gasteiger partial charge in [0.1, 0.15) is 0 Å². The van der Waals surface area contributed by atoms with Crippen LogP contribution in [0, 0.1) is 6.92 Å². The van der Waals surface area contributed by atoms with Crippen molar-refractivity contribution in [1.29, 1.82) is 0 Å². The number of aryl methyl sites for hydroxylation is 1. The zero-order valence-corrected chi connectivity index (χ0v) is 14.2. The van der Waals surface area contributed by atoms with Gasteiger partial charge < -0.3 is 10.0 Å². The maximum Gasteiger partial charge on any atom is 0.219 e. The van der Waals surface area contributed by atoms with E-state index in [-0.39, 0.29) is 5.91 Å². The molecule has 126 valence electrons. The summed E-state index contributed by atoms with van der Waals surface area (Å²) < 4.78 is 0.